The van der Waals surface area contributed by atoms with E-state index in [4.69, 9.17) is 0 Å². The predicted octanol–water partition coefficient (Wildman–Crippen LogP) is 4.64. The van der Waals surface area contributed by atoms with Gasteiger partial charge in [0, 0.05) is 23.3 Å². The van der Waals surface area contributed by atoms with Gasteiger partial charge in [-0.1, -0.05) is 48.5 Å². The van der Waals surface area contributed by atoms with Crippen LogP contribution in [-0.2, 0) is 11.3 Å². The van der Waals surface area contributed by atoms with Crippen molar-refractivity contribution in [3.8, 4) is 0 Å². The molecule has 0 spiro atoms. The van der Waals surface area contributed by atoms with Crippen molar-refractivity contribution in [2.24, 2.45) is 0 Å². The standard InChI is InChI=1S/C21H17N3OS/c25-20(12-11-19-15-22-21-23(19)13-14-26-21)24(18-9-5-2-6-10-18)16-17-7-3-1-4-8-17/h1-15H,16H2/b12-11+. The monoisotopic (exact) mass is 359 g/mol. The van der Waals surface area contributed by atoms with E-state index < -0.39 is 0 Å². The summed E-state index contributed by atoms with van der Waals surface area (Å²) in [5.74, 6) is -0.0646. The number of anilines is 1. The van der Waals surface area contributed by atoms with Crippen molar-refractivity contribution in [3.05, 3.63) is 95.8 Å². The van der Waals surface area contributed by atoms with Crippen LogP contribution in [0.15, 0.2) is 84.5 Å². The van der Waals surface area contributed by atoms with Gasteiger partial charge in [-0.3, -0.25) is 9.20 Å². The molecule has 2 heterocycles. The summed E-state index contributed by atoms with van der Waals surface area (Å²) in [7, 11) is 0. The molecule has 4 nitrogen and oxygen atoms in total. The summed E-state index contributed by atoms with van der Waals surface area (Å²) in [5.41, 5.74) is 2.85. The second kappa shape index (κ2) is 7.37. The maximum Gasteiger partial charge on any atom is 0.251 e. The van der Waals surface area contributed by atoms with E-state index in [1.807, 2.05) is 82.7 Å². The number of imidazole rings is 1. The molecule has 1 amide bonds. The number of amides is 1. The Morgan fingerprint density at radius 1 is 1.08 bits per heavy atom. The fraction of sp³-hybridized carbons (Fsp3) is 0.0476. The van der Waals surface area contributed by atoms with Crippen molar-refractivity contribution < 1.29 is 4.79 Å². The molecule has 0 fully saturated rings. The minimum atomic E-state index is -0.0646. The first kappa shape index (κ1) is 16.3. The fourth-order valence-corrected chi connectivity index (χ4v) is 3.48. The molecule has 0 aliphatic heterocycles. The lowest BCUT2D eigenvalue weighted by atomic mass is 10.2. The molecule has 0 saturated heterocycles. The van der Waals surface area contributed by atoms with Crippen LogP contribution in [0, 0.1) is 0 Å². The van der Waals surface area contributed by atoms with Gasteiger partial charge in [-0.2, -0.15) is 0 Å². The quantitative estimate of drug-likeness (QED) is 0.487. The zero-order chi connectivity index (χ0) is 17.8. The summed E-state index contributed by atoms with van der Waals surface area (Å²) in [4.78, 5) is 20.0. The van der Waals surface area contributed by atoms with Gasteiger partial charge < -0.3 is 4.90 Å². The summed E-state index contributed by atoms with van der Waals surface area (Å²) in [5, 5.41) is 1.98. The van der Waals surface area contributed by atoms with Crippen molar-refractivity contribution >= 4 is 34.0 Å². The van der Waals surface area contributed by atoms with Crippen molar-refractivity contribution in [1.29, 1.82) is 0 Å². The van der Waals surface area contributed by atoms with Crippen molar-refractivity contribution in [2.45, 2.75) is 6.54 Å². The predicted molar refractivity (Wildman–Crippen MR) is 106 cm³/mol. The molecule has 128 valence electrons. The van der Waals surface area contributed by atoms with Crippen LogP contribution >= 0.6 is 11.3 Å². The molecule has 0 radical (unpaired) electrons. The molecule has 26 heavy (non-hydrogen) atoms. The van der Waals surface area contributed by atoms with Crippen molar-refractivity contribution in [2.75, 3.05) is 4.90 Å². The first-order chi connectivity index (χ1) is 12.8. The van der Waals surface area contributed by atoms with Gasteiger partial charge in [-0.05, 0) is 23.8 Å². The summed E-state index contributed by atoms with van der Waals surface area (Å²) in [6, 6.07) is 19.7. The van der Waals surface area contributed by atoms with Crippen LogP contribution in [0.3, 0.4) is 0 Å². The van der Waals surface area contributed by atoms with E-state index in [0.29, 0.717) is 6.54 Å². The maximum absolute atomic E-state index is 12.9. The highest BCUT2D eigenvalue weighted by Gasteiger charge is 2.14. The number of aromatic nitrogens is 2. The molecule has 0 atom stereocenters. The van der Waals surface area contributed by atoms with Crippen LogP contribution in [0.25, 0.3) is 11.0 Å². The van der Waals surface area contributed by atoms with Crippen molar-refractivity contribution in [1.82, 2.24) is 9.38 Å². The van der Waals surface area contributed by atoms with Gasteiger partial charge in [0.1, 0.15) is 0 Å². The molecule has 0 bridgehead atoms. The van der Waals surface area contributed by atoms with E-state index in [2.05, 4.69) is 4.98 Å². The minimum absolute atomic E-state index is 0.0646. The van der Waals surface area contributed by atoms with E-state index in [1.165, 1.54) is 0 Å². The van der Waals surface area contributed by atoms with Crippen LogP contribution in [0.2, 0.25) is 0 Å². The molecule has 4 rings (SSSR count). The molecule has 5 heteroatoms. The average molecular weight is 359 g/mol. The third kappa shape index (κ3) is 3.43. The Balaban J connectivity index is 1.61. The molecular weight excluding hydrogens is 342 g/mol. The number of thiazole rings is 1. The summed E-state index contributed by atoms with van der Waals surface area (Å²) in [6.45, 7) is 0.522. The second-order valence-corrected chi connectivity index (χ2v) is 6.69. The number of rotatable bonds is 5. The van der Waals surface area contributed by atoms with Crippen LogP contribution in [-0.4, -0.2) is 15.3 Å². The molecule has 2 aromatic heterocycles. The van der Waals surface area contributed by atoms with E-state index in [1.54, 1.807) is 28.5 Å². The third-order valence-electron chi connectivity index (χ3n) is 4.09. The molecule has 0 aliphatic carbocycles. The first-order valence-corrected chi connectivity index (χ1v) is 9.18. The molecule has 2 aromatic carbocycles. The number of fused-ring (bicyclic) bond motifs is 1. The Kier molecular flexibility index (Phi) is 4.62. The minimum Gasteiger partial charge on any atom is -0.304 e. The van der Waals surface area contributed by atoms with Crippen LogP contribution in [0.4, 0.5) is 5.69 Å². The van der Waals surface area contributed by atoms with Gasteiger partial charge in [0.05, 0.1) is 18.4 Å². The molecule has 0 unspecified atom stereocenters. The lowest BCUT2D eigenvalue weighted by Gasteiger charge is -2.21. The molecule has 0 aliphatic rings. The van der Waals surface area contributed by atoms with Crippen LogP contribution in [0.1, 0.15) is 11.3 Å². The van der Waals surface area contributed by atoms with E-state index >= 15 is 0 Å². The molecule has 0 saturated carbocycles. The molecule has 0 N–H and O–H groups in total. The highest BCUT2D eigenvalue weighted by Crippen LogP contribution is 2.19. The smallest absolute Gasteiger partial charge is 0.251 e. The number of carbonyl (C=O) groups excluding carboxylic acids is 1. The highest BCUT2D eigenvalue weighted by molar-refractivity contribution is 7.15. The SMILES string of the molecule is O=C(/C=C/c1cnc2sccn12)N(Cc1ccccc1)c1ccccc1. The lowest BCUT2D eigenvalue weighted by molar-refractivity contribution is -0.114. The maximum atomic E-state index is 12.9. The Labute approximate surface area is 155 Å². The Bertz CT molecular complexity index is 1030. The Hall–Kier alpha value is -3.18. The third-order valence-corrected chi connectivity index (χ3v) is 4.86. The van der Waals surface area contributed by atoms with Gasteiger partial charge in [0.15, 0.2) is 4.96 Å². The number of benzene rings is 2. The molecular formula is C21H17N3OS. The highest BCUT2D eigenvalue weighted by atomic mass is 32.1. The van der Waals surface area contributed by atoms with E-state index in [9.17, 15) is 4.79 Å². The normalized spacial score (nSPS) is 11.2. The lowest BCUT2D eigenvalue weighted by Crippen LogP contribution is -2.28. The van der Waals surface area contributed by atoms with E-state index in [0.717, 1.165) is 21.9 Å². The largest absolute Gasteiger partial charge is 0.304 e. The Morgan fingerprint density at radius 2 is 1.81 bits per heavy atom. The summed E-state index contributed by atoms with van der Waals surface area (Å²) in [6.07, 6.45) is 7.16. The fourth-order valence-electron chi connectivity index (χ4n) is 2.79. The zero-order valence-corrected chi connectivity index (χ0v) is 14.8. The van der Waals surface area contributed by atoms with Gasteiger partial charge in [0.25, 0.3) is 5.91 Å². The number of hydrogen-bond acceptors (Lipinski definition) is 3. The number of para-hydroxylation sites is 1. The summed E-state index contributed by atoms with van der Waals surface area (Å²) < 4.78 is 1.97. The summed E-state index contributed by atoms with van der Waals surface area (Å²) >= 11 is 1.57. The number of hydrogen-bond donors (Lipinski definition) is 0. The first-order valence-electron chi connectivity index (χ1n) is 8.30. The van der Waals surface area contributed by atoms with Crippen molar-refractivity contribution in [3.63, 3.8) is 0 Å². The average Bonchev–Trinajstić information content (AvgIpc) is 3.30. The van der Waals surface area contributed by atoms with Gasteiger partial charge in [0.2, 0.25) is 0 Å². The number of carbonyl (C=O) groups is 1. The number of nitrogens with zero attached hydrogens (tertiary/aromatic N) is 3. The van der Waals surface area contributed by atoms with E-state index in [-0.39, 0.29) is 5.91 Å². The molecule has 4 aromatic rings. The van der Waals surface area contributed by atoms with Crippen LogP contribution in [0.5, 0.6) is 0 Å². The van der Waals surface area contributed by atoms with Crippen LogP contribution < -0.4 is 4.90 Å². The second-order valence-electron chi connectivity index (χ2n) is 5.82. The van der Waals surface area contributed by atoms with Gasteiger partial charge in [-0.25, -0.2) is 4.98 Å². The Morgan fingerprint density at radius 3 is 2.58 bits per heavy atom. The van der Waals surface area contributed by atoms with Gasteiger partial charge >= 0.3 is 0 Å². The topological polar surface area (TPSA) is 37.6 Å². The van der Waals surface area contributed by atoms with Gasteiger partial charge in [-0.15, -0.1) is 11.3 Å². The zero-order valence-electron chi connectivity index (χ0n) is 14.0.